The van der Waals surface area contributed by atoms with Gasteiger partial charge in [-0.3, -0.25) is 9.59 Å². The lowest BCUT2D eigenvalue weighted by atomic mass is 10.2. The number of rotatable bonds is 7. The van der Waals surface area contributed by atoms with E-state index in [1.165, 1.54) is 11.8 Å². The molecular weight excluding hydrogens is 352 g/mol. The summed E-state index contributed by atoms with van der Waals surface area (Å²) in [7, 11) is 0. The van der Waals surface area contributed by atoms with Gasteiger partial charge in [0.1, 0.15) is 12.3 Å². The van der Waals surface area contributed by atoms with E-state index < -0.39 is 0 Å². The van der Waals surface area contributed by atoms with E-state index in [9.17, 15) is 9.59 Å². The first-order valence-electron chi connectivity index (χ1n) is 8.40. The van der Waals surface area contributed by atoms with Crippen molar-refractivity contribution >= 4 is 29.1 Å². The van der Waals surface area contributed by atoms with E-state index >= 15 is 0 Å². The molecule has 0 saturated carbocycles. The highest BCUT2D eigenvalue weighted by Crippen LogP contribution is 2.24. The number of hydrogen-bond acceptors (Lipinski definition) is 3. The van der Waals surface area contributed by atoms with Gasteiger partial charge in [-0.2, -0.15) is 0 Å². The molecule has 1 N–H and O–H groups in total. The predicted molar refractivity (Wildman–Crippen MR) is 103 cm³/mol. The normalized spacial score (nSPS) is 10.5. The van der Waals surface area contributed by atoms with Crippen LogP contribution >= 0.6 is 11.6 Å². The Bertz CT molecular complexity index is 760. The van der Waals surface area contributed by atoms with Crippen LogP contribution in [0.1, 0.15) is 26.3 Å². The van der Waals surface area contributed by atoms with Gasteiger partial charge in [-0.1, -0.05) is 35.9 Å². The van der Waals surface area contributed by atoms with Crippen LogP contribution in [0.4, 0.5) is 5.69 Å². The van der Waals surface area contributed by atoms with Gasteiger partial charge in [0, 0.05) is 18.5 Å². The topological polar surface area (TPSA) is 58.6 Å². The summed E-state index contributed by atoms with van der Waals surface area (Å²) in [4.78, 5) is 25.8. The number of nitrogens with one attached hydrogen (secondary N) is 1. The minimum Gasteiger partial charge on any atom is -0.489 e. The predicted octanol–water partition coefficient (Wildman–Crippen LogP) is 4.11. The lowest BCUT2D eigenvalue weighted by molar-refractivity contribution is -0.133. The van der Waals surface area contributed by atoms with Crippen molar-refractivity contribution in [1.29, 1.82) is 0 Å². The summed E-state index contributed by atoms with van der Waals surface area (Å²) in [5, 5.41) is 3.44. The first-order chi connectivity index (χ1) is 12.3. The minimum absolute atomic E-state index is 0.00771. The van der Waals surface area contributed by atoms with Gasteiger partial charge in [0.15, 0.2) is 0 Å². The van der Waals surface area contributed by atoms with Crippen molar-refractivity contribution < 1.29 is 14.3 Å². The van der Waals surface area contributed by atoms with Crippen molar-refractivity contribution in [2.45, 2.75) is 33.4 Å². The molecule has 0 unspecified atom stereocenters. The van der Waals surface area contributed by atoms with Crippen LogP contribution in [0, 0.1) is 0 Å². The van der Waals surface area contributed by atoms with Crippen molar-refractivity contribution in [3.63, 3.8) is 0 Å². The Kier molecular flexibility index (Phi) is 7.04. The molecule has 0 fully saturated rings. The molecule has 0 spiro atoms. The average molecular weight is 375 g/mol. The van der Waals surface area contributed by atoms with E-state index in [-0.39, 0.29) is 24.5 Å². The van der Waals surface area contributed by atoms with E-state index in [1.54, 1.807) is 24.3 Å². The Balaban J connectivity index is 2.04. The molecule has 138 valence electrons. The molecule has 2 amide bonds. The summed E-state index contributed by atoms with van der Waals surface area (Å²) in [5.74, 6) is 0.138. The minimum atomic E-state index is -0.283. The smallest absolute Gasteiger partial charge is 0.244 e. The summed E-state index contributed by atoms with van der Waals surface area (Å²) in [6, 6.07) is 14.4. The van der Waals surface area contributed by atoms with Crippen LogP contribution in [0.2, 0.25) is 5.02 Å². The summed E-state index contributed by atoms with van der Waals surface area (Å²) in [6.07, 6.45) is -0.00771. The third-order valence-corrected chi connectivity index (χ3v) is 3.84. The zero-order valence-electron chi connectivity index (χ0n) is 15.2. The zero-order valence-corrected chi connectivity index (χ0v) is 15.9. The molecule has 5 nitrogen and oxygen atoms in total. The molecule has 0 aliphatic carbocycles. The third-order valence-electron chi connectivity index (χ3n) is 3.59. The highest BCUT2D eigenvalue weighted by molar-refractivity contribution is 6.30. The molecule has 26 heavy (non-hydrogen) atoms. The van der Waals surface area contributed by atoms with E-state index in [1.807, 2.05) is 38.1 Å². The van der Waals surface area contributed by atoms with Gasteiger partial charge in [-0.25, -0.2) is 0 Å². The summed E-state index contributed by atoms with van der Waals surface area (Å²) in [5.41, 5.74) is 1.49. The van der Waals surface area contributed by atoms with Gasteiger partial charge in [-0.05, 0) is 43.7 Å². The second-order valence-electron chi connectivity index (χ2n) is 6.21. The second-order valence-corrected chi connectivity index (χ2v) is 6.65. The van der Waals surface area contributed by atoms with Gasteiger partial charge in [0.05, 0.1) is 11.8 Å². The largest absolute Gasteiger partial charge is 0.489 e. The fourth-order valence-electron chi connectivity index (χ4n) is 2.38. The molecule has 0 aliphatic heterocycles. The van der Waals surface area contributed by atoms with Crippen LogP contribution in [0.5, 0.6) is 5.75 Å². The van der Waals surface area contributed by atoms with Gasteiger partial charge >= 0.3 is 0 Å². The number of halogens is 1. The first kappa shape index (κ1) is 19.8. The van der Waals surface area contributed by atoms with Gasteiger partial charge in [-0.15, -0.1) is 0 Å². The molecule has 0 radical (unpaired) electrons. The Labute approximate surface area is 158 Å². The van der Waals surface area contributed by atoms with Crippen molar-refractivity contribution in [2.24, 2.45) is 0 Å². The SMILES string of the molecule is CC(=O)N(CC(=O)Nc1ccccc1OC(C)C)Cc1ccc(Cl)cc1. The first-order valence-corrected chi connectivity index (χ1v) is 8.78. The molecule has 0 bridgehead atoms. The maximum absolute atomic E-state index is 12.4. The molecule has 2 aromatic carbocycles. The Morgan fingerprint density at radius 3 is 2.38 bits per heavy atom. The number of ether oxygens (including phenoxy) is 1. The summed E-state index contributed by atoms with van der Waals surface area (Å²) >= 11 is 5.88. The number of carbonyl (C=O) groups excluding carboxylic acids is 2. The molecule has 2 rings (SSSR count). The number of amides is 2. The zero-order chi connectivity index (χ0) is 19.1. The Morgan fingerprint density at radius 2 is 1.77 bits per heavy atom. The average Bonchev–Trinajstić information content (AvgIpc) is 2.57. The van der Waals surface area contributed by atoms with E-state index in [4.69, 9.17) is 16.3 Å². The molecular formula is C20H23ClN2O3. The van der Waals surface area contributed by atoms with E-state index in [0.717, 1.165) is 5.56 Å². The van der Waals surface area contributed by atoms with Gasteiger partial charge in [0.2, 0.25) is 11.8 Å². The van der Waals surface area contributed by atoms with Crippen molar-refractivity contribution in [1.82, 2.24) is 4.90 Å². The van der Waals surface area contributed by atoms with Crippen LogP contribution in [-0.4, -0.2) is 29.4 Å². The van der Waals surface area contributed by atoms with Crippen molar-refractivity contribution in [2.75, 3.05) is 11.9 Å². The fraction of sp³-hybridized carbons (Fsp3) is 0.300. The fourth-order valence-corrected chi connectivity index (χ4v) is 2.50. The highest BCUT2D eigenvalue weighted by Gasteiger charge is 2.16. The van der Waals surface area contributed by atoms with Gasteiger partial charge < -0.3 is 15.0 Å². The molecule has 0 heterocycles. The van der Waals surface area contributed by atoms with Crippen LogP contribution < -0.4 is 10.1 Å². The number of para-hydroxylation sites is 2. The lowest BCUT2D eigenvalue weighted by Gasteiger charge is -2.21. The molecule has 0 saturated heterocycles. The Hall–Kier alpha value is -2.53. The van der Waals surface area contributed by atoms with Crippen LogP contribution in [0.15, 0.2) is 48.5 Å². The number of carbonyl (C=O) groups is 2. The monoisotopic (exact) mass is 374 g/mol. The van der Waals surface area contributed by atoms with Crippen LogP contribution in [0.25, 0.3) is 0 Å². The lowest BCUT2D eigenvalue weighted by Crippen LogP contribution is -2.36. The molecule has 0 aliphatic rings. The second kappa shape index (κ2) is 9.25. The van der Waals surface area contributed by atoms with Crippen molar-refractivity contribution in [3.05, 3.63) is 59.1 Å². The quantitative estimate of drug-likeness (QED) is 0.793. The Morgan fingerprint density at radius 1 is 1.12 bits per heavy atom. The van der Waals surface area contributed by atoms with Crippen molar-refractivity contribution in [3.8, 4) is 5.75 Å². The maximum Gasteiger partial charge on any atom is 0.244 e. The standard InChI is InChI=1S/C20H23ClN2O3/c1-14(2)26-19-7-5-4-6-18(19)22-20(25)13-23(15(3)24)12-16-8-10-17(21)11-9-16/h4-11,14H,12-13H2,1-3H3,(H,22,25). The molecule has 0 aromatic heterocycles. The van der Waals surface area contributed by atoms with Gasteiger partial charge in [0.25, 0.3) is 0 Å². The van der Waals surface area contributed by atoms with E-state index in [2.05, 4.69) is 5.32 Å². The third kappa shape index (κ3) is 6.08. The van der Waals surface area contributed by atoms with Crippen LogP contribution in [0.3, 0.4) is 0 Å². The summed E-state index contributed by atoms with van der Waals surface area (Å²) in [6.45, 7) is 5.57. The maximum atomic E-state index is 12.4. The number of anilines is 1. The molecule has 0 atom stereocenters. The number of nitrogens with zero attached hydrogens (tertiary/aromatic N) is 1. The molecule has 6 heteroatoms. The number of benzene rings is 2. The highest BCUT2D eigenvalue weighted by atomic mass is 35.5. The van der Waals surface area contributed by atoms with E-state index in [0.29, 0.717) is 23.0 Å². The number of hydrogen-bond donors (Lipinski definition) is 1. The van der Waals surface area contributed by atoms with Crippen LogP contribution in [-0.2, 0) is 16.1 Å². The summed E-state index contributed by atoms with van der Waals surface area (Å²) < 4.78 is 5.70. The molecule has 2 aromatic rings.